The molecule has 0 saturated carbocycles. The van der Waals surface area contributed by atoms with Gasteiger partial charge < -0.3 is 28.8 Å². The van der Waals surface area contributed by atoms with E-state index in [1.165, 1.54) is 17.2 Å². The van der Waals surface area contributed by atoms with Gasteiger partial charge >= 0.3 is 12.5 Å². The standard InChI is InChI=1S/C31H33F3N8O4/c1-31(2,3)46-30(44)41-12-10-40(11-13-41)24-15-25(39(4)22-6-5-9-35-17-22)26(14-23(24)32)42(19-43)18-21-8-7-20(16-36-21)28-37-38-29(45-28)27(33)34/h5-9,14-17,19,27H,10-13,18H2,1-4H3. The Hall–Kier alpha value is -5.21. The lowest BCUT2D eigenvalue weighted by molar-refractivity contribution is -0.107. The number of carbonyl (C=O) groups is 2. The molecular weight excluding hydrogens is 605 g/mol. The summed E-state index contributed by atoms with van der Waals surface area (Å²) >= 11 is 0. The summed E-state index contributed by atoms with van der Waals surface area (Å²) < 4.78 is 52.0. The van der Waals surface area contributed by atoms with E-state index < -0.39 is 29.8 Å². The molecule has 0 radical (unpaired) electrons. The van der Waals surface area contributed by atoms with E-state index >= 15 is 4.39 Å². The number of ether oxygens (including phenoxy) is 1. The minimum absolute atomic E-state index is 0.0306. The summed E-state index contributed by atoms with van der Waals surface area (Å²) in [5.41, 5.74) is 1.94. The normalized spacial score (nSPS) is 13.6. The molecule has 2 amide bonds. The van der Waals surface area contributed by atoms with E-state index in [0.29, 0.717) is 60.9 Å². The number of hydrogen-bond donors (Lipinski definition) is 0. The van der Waals surface area contributed by atoms with E-state index in [-0.39, 0.29) is 18.1 Å². The minimum atomic E-state index is -2.90. The first-order chi connectivity index (χ1) is 21.9. The molecule has 0 unspecified atom stereocenters. The zero-order chi connectivity index (χ0) is 33.0. The van der Waals surface area contributed by atoms with Crippen molar-refractivity contribution in [3.8, 4) is 11.5 Å². The molecule has 1 aliphatic heterocycles. The molecule has 0 atom stereocenters. The fourth-order valence-corrected chi connectivity index (χ4v) is 4.87. The summed E-state index contributed by atoms with van der Waals surface area (Å²) in [7, 11) is 1.78. The predicted molar refractivity (Wildman–Crippen MR) is 163 cm³/mol. The minimum Gasteiger partial charge on any atom is -0.444 e. The topological polar surface area (TPSA) is 121 Å². The summed E-state index contributed by atoms with van der Waals surface area (Å²) in [5.74, 6) is -1.47. The van der Waals surface area contributed by atoms with Gasteiger partial charge in [0.1, 0.15) is 11.4 Å². The highest BCUT2D eigenvalue weighted by Gasteiger charge is 2.29. The SMILES string of the molecule is CN(c1cccnc1)c1cc(N2CCN(C(=O)OC(C)(C)C)CC2)c(F)cc1N(C=O)Cc1ccc(-c2nnc(C(F)F)o2)cn1. The van der Waals surface area contributed by atoms with Crippen molar-refractivity contribution in [1.82, 2.24) is 25.1 Å². The van der Waals surface area contributed by atoms with Crippen LogP contribution in [0.1, 0.15) is 38.8 Å². The Morgan fingerprint density at radius 3 is 2.43 bits per heavy atom. The maximum Gasteiger partial charge on any atom is 0.410 e. The van der Waals surface area contributed by atoms with E-state index in [9.17, 15) is 18.4 Å². The Morgan fingerprint density at radius 1 is 1.09 bits per heavy atom. The maximum atomic E-state index is 15.9. The van der Waals surface area contributed by atoms with Crippen LogP contribution >= 0.6 is 0 Å². The van der Waals surface area contributed by atoms with Gasteiger partial charge in [-0.05, 0) is 51.1 Å². The molecule has 1 aliphatic rings. The van der Waals surface area contributed by atoms with Crippen molar-refractivity contribution in [2.45, 2.75) is 39.3 Å². The fraction of sp³-hybridized carbons (Fsp3) is 0.355. The quantitative estimate of drug-likeness (QED) is 0.215. The van der Waals surface area contributed by atoms with Crippen LogP contribution in [0.25, 0.3) is 11.5 Å². The number of hydrogen-bond acceptors (Lipinski definition) is 10. The molecule has 0 bridgehead atoms. The van der Waals surface area contributed by atoms with Gasteiger partial charge in [0.2, 0.25) is 12.3 Å². The van der Waals surface area contributed by atoms with Crippen LogP contribution in [0, 0.1) is 5.82 Å². The zero-order valence-corrected chi connectivity index (χ0v) is 25.7. The van der Waals surface area contributed by atoms with Crippen LogP contribution in [-0.2, 0) is 16.1 Å². The molecule has 3 aromatic heterocycles. The number of pyridine rings is 2. The molecule has 1 saturated heterocycles. The Bertz CT molecular complexity index is 1660. The first-order valence-electron chi connectivity index (χ1n) is 14.4. The van der Waals surface area contributed by atoms with Crippen LogP contribution < -0.4 is 14.7 Å². The fourth-order valence-electron chi connectivity index (χ4n) is 4.87. The molecule has 0 spiro atoms. The van der Waals surface area contributed by atoms with Crippen molar-refractivity contribution < 1.29 is 31.9 Å². The Morgan fingerprint density at radius 2 is 1.85 bits per heavy atom. The number of rotatable bonds is 9. The van der Waals surface area contributed by atoms with Gasteiger partial charge in [-0.2, -0.15) is 8.78 Å². The molecule has 0 N–H and O–H groups in total. The Balaban J connectivity index is 1.41. The summed E-state index contributed by atoms with van der Waals surface area (Å²) in [6, 6.07) is 9.70. The highest BCUT2D eigenvalue weighted by molar-refractivity contribution is 5.88. The van der Waals surface area contributed by atoms with Crippen LogP contribution in [-0.4, -0.2) is 76.4 Å². The number of aromatic nitrogens is 4. The Labute approximate surface area is 263 Å². The maximum absolute atomic E-state index is 15.9. The second-order valence-electron chi connectivity index (χ2n) is 11.5. The first kappa shape index (κ1) is 32.2. The lowest BCUT2D eigenvalue weighted by Crippen LogP contribution is -2.50. The molecule has 5 rings (SSSR count). The summed E-state index contributed by atoms with van der Waals surface area (Å²) in [4.78, 5) is 40.1. The van der Waals surface area contributed by atoms with Gasteiger partial charge in [-0.15, -0.1) is 10.2 Å². The van der Waals surface area contributed by atoms with E-state index in [1.807, 2.05) is 11.0 Å². The largest absolute Gasteiger partial charge is 0.444 e. The first-order valence-corrected chi connectivity index (χ1v) is 14.4. The van der Waals surface area contributed by atoms with E-state index in [1.54, 1.807) is 74.3 Å². The second-order valence-corrected chi connectivity index (χ2v) is 11.5. The number of halogens is 3. The van der Waals surface area contributed by atoms with Gasteiger partial charge in [-0.25, -0.2) is 9.18 Å². The number of amides is 2. The van der Waals surface area contributed by atoms with Crippen molar-refractivity contribution >= 4 is 35.3 Å². The van der Waals surface area contributed by atoms with Gasteiger partial charge in [-0.1, -0.05) is 0 Å². The van der Waals surface area contributed by atoms with Crippen molar-refractivity contribution in [2.24, 2.45) is 0 Å². The van der Waals surface area contributed by atoms with Crippen molar-refractivity contribution in [3.63, 3.8) is 0 Å². The smallest absolute Gasteiger partial charge is 0.410 e. The number of carbonyl (C=O) groups excluding carboxylic acids is 2. The molecule has 12 nitrogen and oxygen atoms in total. The summed E-state index contributed by atoms with van der Waals surface area (Å²) in [6.45, 7) is 6.81. The van der Waals surface area contributed by atoms with Crippen molar-refractivity contribution in [1.29, 1.82) is 0 Å². The molecule has 242 valence electrons. The van der Waals surface area contributed by atoms with Crippen LogP contribution in [0.2, 0.25) is 0 Å². The van der Waals surface area contributed by atoms with Crippen LogP contribution in [0.4, 0.5) is 40.7 Å². The average Bonchev–Trinajstić information content (AvgIpc) is 3.54. The van der Waals surface area contributed by atoms with Gasteiger partial charge in [0.25, 0.3) is 5.89 Å². The number of nitrogens with zero attached hydrogens (tertiary/aromatic N) is 8. The number of alkyl halides is 2. The third-order valence-corrected chi connectivity index (χ3v) is 7.18. The van der Waals surface area contributed by atoms with Gasteiger partial charge in [-0.3, -0.25) is 14.8 Å². The number of benzene rings is 1. The number of anilines is 4. The second kappa shape index (κ2) is 13.4. The Kier molecular flexibility index (Phi) is 9.39. The lowest BCUT2D eigenvalue weighted by atomic mass is 10.1. The monoisotopic (exact) mass is 638 g/mol. The number of piperazine rings is 1. The van der Waals surface area contributed by atoms with Crippen LogP contribution in [0.15, 0.2) is 59.4 Å². The average molecular weight is 639 g/mol. The van der Waals surface area contributed by atoms with Crippen molar-refractivity contribution in [3.05, 3.63) is 72.4 Å². The van der Waals surface area contributed by atoms with Gasteiger partial charge in [0, 0.05) is 51.7 Å². The molecule has 1 aromatic carbocycles. The third-order valence-electron chi connectivity index (χ3n) is 7.18. The molecule has 0 aliphatic carbocycles. The van der Waals surface area contributed by atoms with E-state index in [4.69, 9.17) is 9.15 Å². The molecular formula is C31H33F3N8O4. The third kappa shape index (κ3) is 7.35. The van der Waals surface area contributed by atoms with Crippen molar-refractivity contribution in [2.75, 3.05) is 47.9 Å². The molecule has 15 heteroatoms. The highest BCUT2D eigenvalue weighted by Crippen LogP contribution is 2.39. The molecule has 46 heavy (non-hydrogen) atoms. The highest BCUT2D eigenvalue weighted by atomic mass is 19.3. The van der Waals surface area contributed by atoms with E-state index in [0.717, 1.165) is 0 Å². The molecule has 4 aromatic rings. The molecule has 1 fully saturated rings. The van der Waals surface area contributed by atoms with E-state index in [2.05, 4.69) is 20.2 Å². The van der Waals surface area contributed by atoms with Gasteiger partial charge in [0.15, 0.2) is 0 Å². The summed E-state index contributed by atoms with van der Waals surface area (Å²) in [6.07, 6.45) is 1.91. The lowest BCUT2D eigenvalue weighted by Gasteiger charge is -2.37. The van der Waals surface area contributed by atoms with Crippen LogP contribution in [0.3, 0.4) is 0 Å². The van der Waals surface area contributed by atoms with Crippen LogP contribution in [0.5, 0.6) is 0 Å². The van der Waals surface area contributed by atoms with Gasteiger partial charge in [0.05, 0.1) is 46.7 Å². The zero-order valence-electron chi connectivity index (χ0n) is 25.7. The predicted octanol–water partition coefficient (Wildman–Crippen LogP) is 5.59. The summed E-state index contributed by atoms with van der Waals surface area (Å²) in [5, 5.41) is 6.94. The molecule has 4 heterocycles.